The minimum Gasteiger partial charge on any atom is -0.345 e. The van der Waals surface area contributed by atoms with Crippen LogP contribution in [0.3, 0.4) is 0 Å². The highest BCUT2D eigenvalue weighted by molar-refractivity contribution is 7.90. The van der Waals surface area contributed by atoms with Crippen LogP contribution < -0.4 is 5.32 Å². The molecule has 3 heterocycles. The molecule has 2 N–H and O–H groups in total. The molecule has 5 aliphatic rings. The lowest BCUT2D eigenvalue weighted by atomic mass is 9.50. The Bertz CT molecular complexity index is 1660. The number of hydrogen-bond donors (Lipinski definition) is 2. The highest BCUT2D eigenvalue weighted by Gasteiger charge is 2.57. The number of amides is 2. The summed E-state index contributed by atoms with van der Waals surface area (Å²) in [6.45, 7) is 4.27. The van der Waals surface area contributed by atoms with Gasteiger partial charge in [-0.2, -0.15) is 0 Å². The van der Waals surface area contributed by atoms with Gasteiger partial charge in [-0.3, -0.25) is 14.6 Å². The number of aromatic amines is 1. The molecule has 39 heavy (non-hydrogen) atoms. The number of pyridine rings is 1. The van der Waals surface area contributed by atoms with E-state index in [0.717, 1.165) is 55.4 Å². The van der Waals surface area contributed by atoms with Crippen LogP contribution in [0.15, 0.2) is 35.4 Å². The van der Waals surface area contributed by atoms with E-state index < -0.39 is 9.84 Å². The third kappa shape index (κ3) is 3.99. The molecule has 4 saturated carbocycles. The summed E-state index contributed by atoms with van der Waals surface area (Å²) in [6, 6.07) is 7.22. The number of sulfone groups is 1. The van der Waals surface area contributed by atoms with Crippen molar-refractivity contribution in [2.45, 2.75) is 69.0 Å². The van der Waals surface area contributed by atoms with Crippen LogP contribution in [0, 0.1) is 18.8 Å². The van der Waals surface area contributed by atoms with Gasteiger partial charge < -0.3 is 15.2 Å². The van der Waals surface area contributed by atoms with Crippen molar-refractivity contribution in [2.75, 3.05) is 6.26 Å². The predicted octanol–water partition coefficient (Wildman–Crippen LogP) is 3.89. The van der Waals surface area contributed by atoms with Crippen molar-refractivity contribution >= 4 is 21.7 Å². The van der Waals surface area contributed by atoms with E-state index in [1.807, 2.05) is 36.9 Å². The van der Waals surface area contributed by atoms with E-state index in [1.54, 1.807) is 12.3 Å². The second-order valence-corrected chi connectivity index (χ2v) is 14.0. The molecule has 4 aliphatic carbocycles. The molecule has 4 fully saturated rings. The van der Waals surface area contributed by atoms with Gasteiger partial charge in [0.05, 0.1) is 10.5 Å². The van der Waals surface area contributed by atoms with E-state index in [2.05, 4.69) is 20.3 Å². The summed E-state index contributed by atoms with van der Waals surface area (Å²) in [4.78, 5) is 40.4. The van der Waals surface area contributed by atoms with E-state index in [0.29, 0.717) is 46.5 Å². The topological polar surface area (TPSA) is 125 Å². The Kier molecular flexibility index (Phi) is 5.18. The van der Waals surface area contributed by atoms with Crippen LogP contribution in [-0.4, -0.2) is 57.9 Å². The zero-order chi connectivity index (χ0) is 27.3. The Hall–Kier alpha value is -3.53. The Balaban J connectivity index is 1.22. The average Bonchev–Trinajstić information content (AvgIpc) is 3.55. The summed E-state index contributed by atoms with van der Waals surface area (Å²) in [7, 11) is -3.65. The maximum Gasteiger partial charge on any atom is 0.272 e. The third-order valence-corrected chi connectivity index (χ3v) is 10.2. The van der Waals surface area contributed by atoms with Crippen molar-refractivity contribution in [1.29, 1.82) is 0 Å². The molecule has 1 aliphatic heterocycles. The summed E-state index contributed by atoms with van der Waals surface area (Å²) < 4.78 is 25.7. The van der Waals surface area contributed by atoms with Gasteiger partial charge in [0, 0.05) is 36.3 Å². The quantitative estimate of drug-likeness (QED) is 0.464. The molecule has 3 aromatic rings. The summed E-state index contributed by atoms with van der Waals surface area (Å²) in [5.74, 6) is 1.34. The molecule has 8 rings (SSSR count). The molecule has 0 spiro atoms. The van der Waals surface area contributed by atoms with Crippen LogP contribution in [0.5, 0.6) is 0 Å². The number of fused-ring (bicyclic) bond motifs is 1. The lowest BCUT2D eigenvalue weighted by molar-refractivity contribution is -0.0439. The first kappa shape index (κ1) is 24.5. The number of aromatic nitrogens is 3. The van der Waals surface area contributed by atoms with Crippen LogP contribution in [0.25, 0.3) is 22.6 Å². The number of imidazole rings is 1. The molecule has 0 radical (unpaired) electrons. The predicted molar refractivity (Wildman–Crippen MR) is 145 cm³/mol. The maximum absolute atomic E-state index is 13.3. The number of H-pyrrole nitrogens is 1. The summed E-state index contributed by atoms with van der Waals surface area (Å²) in [5.41, 5.74) is 4.00. The lowest BCUT2D eigenvalue weighted by Gasteiger charge is -2.61. The van der Waals surface area contributed by atoms with Crippen LogP contribution in [0.4, 0.5) is 0 Å². The second kappa shape index (κ2) is 8.24. The number of rotatable bonds is 7. The normalized spacial score (nSPS) is 24.1. The van der Waals surface area contributed by atoms with E-state index in [4.69, 9.17) is 0 Å². The molecule has 10 heteroatoms. The van der Waals surface area contributed by atoms with Gasteiger partial charge in [0.15, 0.2) is 15.7 Å². The van der Waals surface area contributed by atoms with Gasteiger partial charge in [0.1, 0.15) is 11.4 Å². The first-order valence-electron chi connectivity index (χ1n) is 13.6. The van der Waals surface area contributed by atoms with Gasteiger partial charge in [0.2, 0.25) is 0 Å². The number of carbonyl (C=O) groups excluding carboxylic acids is 2. The lowest BCUT2D eigenvalue weighted by Crippen LogP contribution is -2.68. The van der Waals surface area contributed by atoms with Crippen LogP contribution >= 0.6 is 0 Å². The van der Waals surface area contributed by atoms with Crippen molar-refractivity contribution < 1.29 is 18.0 Å². The smallest absolute Gasteiger partial charge is 0.272 e. The molecule has 2 aromatic heterocycles. The highest BCUT2D eigenvalue weighted by Crippen LogP contribution is 2.57. The Morgan fingerprint density at radius 1 is 1.18 bits per heavy atom. The van der Waals surface area contributed by atoms with Crippen LogP contribution in [-0.2, 0) is 16.4 Å². The summed E-state index contributed by atoms with van der Waals surface area (Å²) >= 11 is 0. The largest absolute Gasteiger partial charge is 0.345 e. The van der Waals surface area contributed by atoms with Gasteiger partial charge in [-0.15, -0.1) is 0 Å². The summed E-state index contributed by atoms with van der Waals surface area (Å²) in [5, 5.41) is 3.16. The van der Waals surface area contributed by atoms with E-state index in [-0.39, 0.29) is 28.3 Å². The Labute approximate surface area is 227 Å². The number of benzene rings is 1. The average molecular weight is 546 g/mol. The maximum atomic E-state index is 13.3. The van der Waals surface area contributed by atoms with Crippen molar-refractivity contribution in [3.63, 3.8) is 0 Å². The number of nitrogens with one attached hydrogen (secondary N) is 2. The molecule has 1 aromatic carbocycles. The molecule has 2 amide bonds. The van der Waals surface area contributed by atoms with Gasteiger partial charge >= 0.3 is 0 Å². The zero-order valence-electron chi connectivity index (χ0n) is 22.2. The minimum atomic E-state index is -3.65. The molecule has 0 saturated heterocycles. The summed E-state index contributed by atoms with van der Waals surface area (Å²) in [6.07, 6.45) is 8.15. The minimum absolute atomic E-state index is 0.0379. The fraction of sp³-hybridized carbons (Fsp3) is 0.448. The van der Waals surface area contributed by atoms with E-state index in [9.17, 15) is 18.0 Å². The van der Waals surface area contributed by atoms with E-state index >= 15 is 0 Å². The highest BCUT2D eigenvalue weighted by atomic mass is 32.2. The van der Waals surface area contributed by atoms with Gasteiger partial charge in [-0.05, 0) is 98.7 Å². The van der Waals surface area contributed by atoms with Crippen molar-refractivity contribution in [3.05, 3.63) is 53.0 Å². The number of hydrogen-bond acceptors (Lipinski definition) is 6. The standard InChI is InChI=1S/C29H31N5O4S/c1-15-25(27(35)33-29-11-17(12-29)13-29)32-26(31-15)22-9-19(6-7-30-22)20-8-21-14-34(16(2)18-4-5-18)28(36)24(21)23(10-20)39(3,37)38/h6-10,16-18H,4-5,11-14H2,1-3H3,(H,31,32)(H,33,35). The van der Waals surface area contributed by atoms with Gasteiger partial charge in [-0.1, -0.05) is 0 Å². The van der Waals surface area contributed by atoms with E-state index in [1.165, 1.54) is 0 Å². The molecular formula is C29H31N5O4S. The van der Waals surface area contributed by atoms with Crippen LogP contribution in [0.1, 0.15) is 71.1 Å². The second-order valence-electron chi connectivity index (χ2n) is 12.0. The first-order chi connectivity index (χ1) is 18.5. The number of aryl methyl sites for hydroxylation is 1. The fourth-order valence-corrected chi connectivity index (χ4v) is 7.46. The fourth-order valence-electron chi connectivity index (χ4n) is 6.53. The molecule has 202 valence electrons. The number of carbonyl (C=O) groups is 2. The van der Waals surface area contributed by atoms with Crippen LogP contribution in [0.2, 0.25) is 0 Å². The molecule has 2 bridgehead atoms. The van der Waals surface area contributed by atoms with Crippen molar-refractivity contribution in [1.82, 2.24) is 25.2 Å². The third-order valence-electron chi connectivity index (χ3n) is 9.05. The SMILES string of the molecule is Cc1[nH]c(-c2cc(-c3cc4c(c(S(C)(=O)=O)c3)C(=O)N(C(C)C3CC3)C4)ccn2)nc1C(=O)NC12CC(C1)C2. The van der Waals surface area contributed by atoms with Gasteiger partial charge in [-0.25, -0.2) is 13.4 Å². The first-order valence-corrected chi connectivity index (χ1v) is 15.4. The molecular weight excluding hydrogens is 514 g/mol. The Morgan fingerprint density at radius 2 is 1.92 bits per heavy atom. The molecule has 9 nitrogen and oxygen atoms in total. The molecule has 1 unspecified atom stereocenters. The Morgan fingerprint density at radius 3 is 2.56 bits per heavy atom. The zero-order valence-corrected chi connectivity index (χ0v) is 23.1. The number of nitrogens with zero attached hydrogens (tertiary/aromatic N) is 3. The van der Waals surface area contributed by atoms with Crippen molar-refractivity contribution in [2.24, 2.45) is 11.8 Å². The molecule has 1 atom stereocenters. The van der Waals surface area contributed by atoms with Crippen molar-refractivity contribution in [3.8, 4) is 22.6 Å². The monoisotopic (exact) mass is 545 g/mol. The van der Waals surface area contributed by atoms with Gasteiger partial charge in [0.25, 0.3) is 11.8 Å².